The van der Waals surface area contributed by atoms with Gasteiger partial charge in [0.1, 0.15) is 4.60 Å². The van der Waals surface area contributed by atoms with Crippen LogP contribution in [0.1, 0.15) is 12.1 Å². The maximum absolute atomic E-state index is 12.8. The zero-order chi connectivity index (χ0) is 16.1. The van der Waals surface area contributed by atoms with Crippen LogP contribution in [0.5, 0.6) is 0 Å². The maximum atomic E-state index is 12.8. The van der Waals surface area contributed by atoms with Crippen LogP contribution in [0.25, 0.3) is 0 Å². The lowest BCUT2D eigenvalue weighted by molar-refractivity contribution is -0.156. The summed E-state index contributed by atoms with van der Waals surface area (Å²) >= 11 is 5.73. The van der Waals surface area contributed by atoms with Crippen LogP contribution in [0.2, 0.25) is 0 Å². The normalized spacial score (nSPS) is 23.1. The van der Waals surface area contributed by atoms with Gasteiger partial charge in [0.25, 0.3) is 0 Å². The first-order chi connectivity index (χ1) is 9.46. The van der Waals surface area contributed by atoms with E-state index in [4.69, 9.17) is 0 Å². The van der Waals surface area contributed by atoms with E-state index in [1.165, 1.54) is 0 Å². The van der Waals surface area contributed by atoms with Crippen molar-refractivity contribution in [1.29, 1.82) is 0 Å². The molecule has 1 atom stereocenters. The first-order valence-corrected chi connectivity index (χ1v) is 6.83. The van der Waals surface area contributed by atoms with E-state index < -0.39 is 30.1 Å². The summed E-state index contributed by atoms with van der Waals surface area (Å²) in [5, 5.41) is 3.24. The number of hydrogen-bond acceptors (Lipinski definition) is 3. The minimum atomic E-state index is -4.77. The average Bonchev–Trinajstić information content (AvgIpc) is 2.81. The second-order valence-electron chi connectivity index (χ2n) is 4.18. The zero-order valence-electron chi connectivity index (χ0n) is 9.78. The van der Waals surface area contributed by atoms with Crippen LogP contribution < -0.4 is 10.9 Å². The number of halogens is 8. The zero-order valence-corrected chi connectivity index (χ0v) is 13.0. The highest BCUT2D eigenvalue weighted by Crippen LogP contribution is 2.42. The number of aromatic nitrogens is 2. The molecule has 2 rings (SSSR count). The van der Waals surface area contributed by atoms with Gasteiger partial charge in [-0.1, -0.05) is 0 Å². The second kappa shape index (κ2) is 5.16. The first-order valence-electron chi connectivity index (χ1n) is 5.24. The Hall–Kier alpha value is -0.750. The number of hydrogen-bond donors (Lipinski definition) is 2. The Bertz CT molecular complexity index is 578. The lowest BCUT2D eigenvalue weighted by Crippen LogP contribution is -2.51. The molecule has 2 N–H and O–H groups in total. The summed E-state index contributed by atoms with van der Waals surface area (Å²) in [7, 11) is 0. The smallest absolute Gasteiger partial charge is 0.325 e. The quantitative estimate of drug-likeness (QED) is 0.686. The summed E-state index contributed by atoms with van der Waals surface area (Å²) in [6, 6.07) is 0.610. The minimum Gasteiger partial charge on any atom is -0.325 e. The van der Waals surface area contributed by atoms with E-state index in [0.29, 0.717) is 10.7 Å². The van der Waals surface area contributed by atoms with Crippen molar-refractivity contribution >= 4 is 31.9 Å². The van der Waals surface area contributed by atoms with E-state index in [-0.39, 0.29) is 9.09 Å². The number of nitrogens with one attached hydrogen (secondary N) is 2. The maximum Gasteiger partial charge on any atom is 0.435 e. The van der Waals surface area contributed by atoms with E-state index in [1.807, 2.05) is 0 Å². The van der Waals surface area contributed by atoms with Crippen molar-refractivity contribution in [3.8, 4) is 0 Å². The Morgan fingerprint density at radius 1 is 1.19 bits per heavy atom. The highest BCUT2D eigenvalue weighted by molar-refractivity contribution is 9.11. The molecule has 4 nitrogen and oxygen atoms in total. The predicted molar refractivity (Wildman–Crippen MR) is 66.9 cm³/mol. The van der Waals surface area contributed by atoms with Gasteiger partial charge in [0.15, 0.2) is 11.4 Å². The summed E-state index contributed by atoms with van der Waals surface area (Å²) < 4.78 is 76.6. The Morgan fingerprint density at radius 3 is 2.19 bits per heavy atom. The molecule has 0 bridgehead atoms. The fourth-order valence-corrected chi connectivity index (χ4v) is 2.93. The molecular formula is C9H6Br2F6N4. The van der Waals surface area contributed by atoms with Crippen molar-refractivity contribution in [2.75, 3.05) is 0 Å². The summed E-state index contributed by atoms with van der Waals surface area (Å²) in [5.74, 6) is 0. The second-order valence-corrected chi connectivity index (χ2v) is 5.84. The fourth-order valence-electron chi connectivity index (χ4n) is 1.81. The molecule has 118 valence electrons. The number of hydrazine groups is 1. The van der Waals surface area contributed by atoms with Gasteiger partial charge in [0.2, 0.25) is 0 Å². The van der Waals surface area contributed by atoms with Crippen LogP contribution in [0.15, 0.2) is 21.4 Å². The van der Waals surface area contributed by atoms with Gasteiger partial charge in [-0.15, -0.1) is 0 Å². The van der Waals surface area contributed by atoms with Gasteiger partial charge in [-0.25, -0.2) is 10.1 Å². The van der Waals surface area contributed by atoms with E-state index in [2.05, 4.69) is 47.8 Å². The molecule has 0 spiro atoms. The molecule has 0 amide bonds. The third kappa shape index (κ3) is 3.21. The molecule has 0 saturated carbocycles. The van der Waals surface area contributed by atoms with Crippen LogP contribution >= 0.6 is 31.9 Å². The largest absolute Gasteiger partial charge is 0.435 e. The van der Waals surface area contributed by atoms with Crippen molar-refractivity contribution in [2.45, 2.75) is 24.4 Å². The summed E-state index contributed by atoms with van der Waals surface area (Å²) in [4.78, 5) is 0. The van der Waals surface area contributed by atoms with E-state index in [1.54, 1.807) is 0 Å². The third-order valence-corrected chi connectivity index (χ3v) is 4.10. The molecule has 0 saturated heterocycles. The van der Waals surface area contributed by atoms with Gasteiger partial charge >= 0.3 is 12.4 Å². The summed E-state index contributed by atoms with van der Waals surface area (Å²) in [5.41, 5.74) is 1.29. The number of alkyl halides is 6. The lowest BCUT2D eigenvalue weighted by Gasteiger charge is -2.31. The molecule has 1 aromatic rings. The molecule has 21 heavy (non-hydrogen) atoms. The molecule has 2 heterocycles. The van der Waals surface area contributed by atoms with Crippen LogP contribution in [0, 0.1) is 0 Å². The van der Waals surface area contributed by atoms with Crippen molar-refractivity contribution in [3.63, 3.8) is 0 Å². The molecule has 1 aromatic heterocycles. The number of nitrogens with zero attached hydrogens (tertiary/aromatic N) is 2. The summed E-state index contributed by atoms with van der Waals surface area (Å²) in [6.45, 7) is 0. The molecule has 1 aliphatic heterocycles. The predicted octanol–water partition coefficient (Wildman–Crippen LogP) is 3.61. The van der Waals surface area contributed by atoms with Crippen LogP contribution in [0.3, 0.4) is 0 Å². The highest BCUT2D eigenvalue weighted by atomic mass is 79.9. The molecular weight excluding hydrogens is 438 g/mol. The lowest BCUT2D eigenvalue weighted by atomic mass is 10.1. The van der Waals surface area contributed by atoms with Crippen molar-refractivity contribution in [2.24, 2.45) is 0 Å². The standard InChI is InChI=1S/C9H6Br2F6N4/c10-4-2-18-20-7(4,3-8(12,13)14)21-6(11)1-5(19-21)9(15,16)17/h1-2,18,20H,3H2. The monoisotopic (exact) mass is 442 g/mol. The van der Waals surface area contributed by atoms with Gasteiger partial charge < -0.3 is 5.43 Å². The van der Waals surface area contributed by atoms with Crippen LogP contribution in [-0.2, 0) is 11.8 Å². The summed E-state index contributed by atoms with van der Waals surface area (Å²) in [6.07, 6.45) is -9.72. The molecule has 0 fully saturated rings. The molecule has 0 radical (unpaired) electrons. The Balaban J connectivity index is 2.54. The van der Waals surface area contributed by atoms with Crippen molar-refractivity contribution in [3.05, 3.63) is 27.0 Å². The Morgan fingerprint density at radius 2 is 1.81 bits per heavy atom. The first kappa shape index (κ1) is 16.6. The molecule has 0 aromatic carbocycles. The fraction of sp³-hybridized carbons (Fsp3) is 0.444. The van der Waals surface area contributed by atoms with Gasteiger partial charge in [-0.05, 0) is 31.9 Å². The molecule has 1 aliphatic rings. The number of rotatable bonds is 2. The Kier molecular flexibility index (Phi) is 4.08. The topological polar surface area (TPSA) is 41.9 Å². The molecule has 12 heteroatoms. The highest BCUT2D eigenvalue weighted by Gasteiger charge is 2.50. The van der Waals surface area contributed by atoms with E-state index in [9.17, 15) is 26.3 Å². The van der Waals surface area contributed by atoms with Gasteiger partial charge in [0, 0.05) is 12.3 Å². The van der Waals surface area contributed by atoms with Gasteiger partial charge in [-0.3, -0.25) is 0 Å². The van der Waals surface area contributed by atoms with Crippen molar-refractivity contribution < 1.29 is 26.3 Å². The SMILES string of the molecule is FC(F)(F)CC1(n2nc(C(F)(F)F)cc2Br)NNC=C1Br. The Labute approximate surface area is 130 Å². The van der Waals surface area contributed by atoms with Crippen LogP contribution in [-0.4, -0.2) is 16.0 Å². The van der Waals surface area contributed by atoms with Gasteiger partial charge in [0.05, 0.1) is 10.9 Å². The van der Waals surface area contributed by atoms with E-state index >= 15 is 0 Å². The average molecular weight is 444 g/mol. The molecule has 0 aliphatic carbocycles. The van der Waals surface area contributed by atoms with E-state index in [0.717, 1.165) is 6.20 Å². The van der Waals surface area contributed by atoms with Crippen LogP contribution in [0.4, 0.5) is 26.3 Å². The minimum absolute atomic E-state index is 0.0372. The van der Waals surface area contributed by atoms with Crippen molar-refractivity contribution in [1.82, 2.24) is 20.6 Å². The third-order valence-electron chi connectivity index (χ3n) is 2.65. The van der Waals surface area contributed by atoms with Gasteiger partial charge in [-0.2, -0.15) is 31.4 Å². The molecule has 1 unspecified atom stereocenters.